The molecule has 0 radical (unpaired) electrons. The lowest BCUT2D eigenvalue weighted by molar-refractivity contribution is -0.115. The Morgan fingerprint density at radius 2 is 2.00 bits per heavy atom. The maximum Gasteiger partial charge on any atom is 0.263 e. The van der Waals surface area contributed by atoms with E-state index in [0.717, 1.165) is 34.4 Å². The lowest BCUT2D eigenvalue weighted by Crippen LogP contribution is -2.17. The third-order valence-corrected chi connectivity index (χ3v) is 5.64. The van der Waals surface area contributed by atoms with E-state index in [1.165, 1.54) is 11.8 Å². The van der Waals surface area contributed by atoms with E-state index in [-0.39, 0.29) is 5.91 Å². The highest BCUT2D eigenvalue weighted by Crippen LogP contribution is 2.40. The minimum absolute atomic E-state index is 0.181. The predicted octanol–water partition coefficient (Wildman–Crippen LogP) is 5.72. The van der Waals surface area contributed by atoms with Crippen LogP contribution in [-0.4, -0.2) is 17.3 Å². The average molecular weight is 424 g/mol. The van der Waals surface area contributed by atoms with Gasteiger partial charge in [0.2, 0.25) is 0 Å². The maximum atomic E-state index is 12.0. The molecule has 1 saturated heterocycles. The third-order valence-electron chi connectivity index (χ3n) is 3.93. The Balaban J connectivity index is 2.18. The van der Waals surface area contributed by atoms with Gasteiger partial charge in [-0.15, -0.1) is 0 Å². The van der Waals surface area contributed by atoms with Gasteiger partial charge in [-0.3, -0.25) is 4.79 Å². The average Bonchev–Trinajstić information content (AvgIpc) is 2.91. The van der Waals surface area contributed by atoms with Crippen molar-refractivity contribution in [3.05, 3.63) is 56.4 Å². The van der Waals surface area contributed by atoms with Gasteiger partial charge < -0.3 is 10.1 Å². The summed E-state index contributed by atoms with van der Waals surface area (Å²) in [5, 5.41) is 3.73. The van der Waals surface area contributed by atoms with E-state index in [0.29, 0.717) is 19.3 Å². The normalized spacial score (nSPS) is 15.5. The third kappa shape index (κ3) is 3.91. The van der Waals surface area contributed by atoms with Crippen molar-refractivity contribution in [1.29, 1.82) is 0 Å². The Bertz CT molecular complexity index is 941. The molecule has 1 aliphatic heterocycles. The van der Waals surface area contributed by atoms with Crippen LogP contribution in [0.5, 0.6) is 5.75 Å². The summed E-state index contributed by atoms with van der Waals surface area (Å²) in [5.41, 5.74) is 3.58. The van der Waals surface area contributed by atoms with Crippen LogP contribution in [0, 0.1) is 0 Å². The number of ether oxygens (including phenoxy) is 1. The SMILES string of the molecule is CCc1cc(C=C2SC(=S)NC2=O)cc(-c2ccc(Cl)cc2Cl)c1OC. The molecule has 26 heavy (non-hydrogen) atoms. The van der Waals surface area contributed by atoms with Gasteiger partial charge in [0.15, 0.2) is 0 Å². The van der Waals surface area contributed by atoms with Crippen molar-refractivity contribution < 1.29 is 9.53 Å². The first-order valence-corrected chi connectivity index (χ1v) is 9.82. The summed E-state index contributed by atoms with van der Waals surface area (Å²) in [5.74, 6) is 0.581. The standard InChI is InChI=1S/C19H15Cl2NO2S2/c1-3-11-6-10(8-16-18(23)22-19(25)26-16)7-14(17(11)24-2)13-5-4-12(20)9-15(13)21/h4-9H,3H2,1-2H3,(H,22,23,25). The largest absolute Gasteiger partial charge is 0.496 e. The van der Waals surface area contributed by atoms with Crippen molar-refractivity contribution in [3.8, 4) is 16.9 Å². The first-order chi connectivity index (χ1) is 12.4. The molecule has 7 heteroatoms. The first-order valence-electron chi connectivity index (χ1n) is 7.84. The summed E-state index contributed by atoms with van der Waals surface area (Å²) in [7, 11) is 1.64. The molecule has 1 N–H and O–H groups in total. The highest BCUT2D eigenvalue weighted by Gasteiger charge is 2.22. The van der Waals surface area contributed by atoms with Crippen molar-refractivity contribution in [2.75, 3.05) is 7.11 Å². The van der Waals surface area contributed by atoms with E-state index >= 15 is 0 Å². The van der Waals surface area contributed by atoms with Gasteiger partial charge in [0, 0.05) is 16.1 Å². The summed E-state index contributed by atoms with van der Waals surface area (Å²) in [6.45, 7) is 2.05. The summed E-state index contributed by atoms with van der Waals surface area (Å²) < 4.78 is 6.12. The van der Waals surface area contributed by atoms with Crippen LogP contribution in [-0.2, 0) is 11.2 Å². The van der Waals surface area contributed by atoms with Gasteiger partial charge >= 0.3 is 0 Å². The molecule has 3 nitrogen and oxygen atoms in total. The molecule has 1 aliphatic rings. The molecule has 0 saturated carbocycles. The second-order valence-electron chi connectivity index (χ2n) is 5.59. The van der Waals surface area contributed by atoms with Crippen molar-refractivity contribution in [2.45, 2.75) is 13.3 Å². The van der Waals surface area contributed by atoms with Crippen LogP contribution in [0.4, 0.5) is 0 Å². The molecule has 0 spiro atoms. The van der Waals surface area contributed by atoms with Crippen LogP contribution >= 0.6 is 47.2 Å². The van der Waals surface area contributed by atoms with E-state index in [2.05, 4.69) is 5.32 Å². The van der Waals surface area contributed by atoms with Gasteiger partial charge in [0.05, 0.1) is 17.0 Å². The molecule has 2 aromatic rings. The second-order valence-corrected chi connectivity index (χ2v) is 8.15. The highest BCUT2D eigenvalue weighted by atomic mass is 35.5. The van der Waals surface area contributed by atoms with Crippen LogP contribution in [0.25, 0.3) is 17.2 Å². The smallest absolute Gasteiger partial charge is 0.263 e. The van der Waals surface area contributed by atoms with Gasteiger partial charge in [-0.1, -0.05) is 60.2 Å². The molecule has 0 aromatic heterocycles. The minimum Gasteiger partial charge on any atom is -0.496 e. The van der Waals surface area contributed by atoms with Crippen molar-refractivity contribution >= 4 is 63.5 Å². The number of nitrogens with one attached hydrogen (secondary N) is 1. The van der Waals surface area contributed by atoms with Crippen LogP contribution in [0.15, 0.2) is 35.2 Å². The van der Waals surface area contributed by atoms with E-state index in [1.54, 1.807) is 19.2 Å². The van der Waals surface area contributed by atoms with E-state index < -0.39 is 0 Å². The zero-order valence-corrected chi connectivity index (χ0v) is 17.2. The topological polar surface area (TPSA) is 38.3 Å². The number of thiocarbonyl (C=S) groups is 1. The van der Waals surface area contributed by atoms with Crippen LogP contribution in [0.1, 0.15) is 18.1 Å². The number of carbonyl (C=O) groups excluding carboxylic acids is 1. The Hall–Kier alpha value is -1.53. The zero-order valence-electron chi connectivity index (χ0n) is 14.1. The first kappa shape index (κ1) is 19.2. The molecule has 0 aliphatic carbocycles. The number of thioether (sulfide) groups is 1. The number of hydrogen-bond donors (Lipinski definition) is 1. The molecular formula is C19H15Cl2NO2S2. The minimum atomic E-state index is -0.181. The Kier molecular flexibility index (Phi) is 5.92. The van der Waals surface area contributed by atoms with Crippen molar-refractivity contribution in [1.82, 2.24) is 5.32 Å². The molecule has 1 fully saturated rings. The number of hydrogen-bond acceptors (Lipinski definition) is 4. The molecular weight excluding hydrogens is 409 g/mol. The van der Waals surface area contributed by atoms with Gasteiger partial charge in [0.25, 0.3) is 5.91 Å². The molecule has 1 amide bonds. The molecule has 0 atom stereocenters. The number of aryl methyl sites for hydroxylation is 1. The summed E-state index contributed by atoms with van der Waals surface area (Å²) in [6, 6.07) is 9.32. The van der Waals surface area contributed by atoms with Gasteiger partial charge in [0.1, 0.15) is 10.1 Å². The number of halogens is 2. The molecule has 0 bridgehead atoms. The summed E-state index contributed by atoms with van der Waals surface area (Å²) in [6.07, 6.45) is 2.60. The van der Waals surface area contributed by atoms with Gasteiger partial charge in [-0.25, -0.2) is 0 Å². The van der Waals surface area contributed by atoms with Gasteiger partial charge in [-0.05, 0) is 47.9 Å². The lowest BCUT2D eigenvalue weighted by Gasteiger charge is -2.16. The fourth-order valence-corrected chi connectivity index (χ4v) is 4.34. The number of benzene rings is 2. The Labute approximate surface area is 171 Å². The Morgan fingerprint density at radius 3 is 2.58 bits per heavy atom. The van der Waals surface area contributed by atoms with Crippen molar-refractivity contribution in [2.24, 2.45) is 0 Å². The Morgan fingerprint density at radius 1 is 1.23 bits per heavy atom. The van der Waals surface area contributed by atoms with E-state index in [9.17, 15) is 4.79 Å². The number of rotatable bonds is 4. The monoisotopic (exact) mass is 423 g/mol. The fourth-order valence-electron chi connectivity index (χ4n) is 2.78. The quantitative estimate of drug-likeness (QED) is 0.503. The van der Waals surface area contributed by atoms with Crippen LogP contribution < -0.4 is 10.1 Å². The highest BCUT2D eigenvalue weighted by molar-refractivity contribution is 8.26. The predicted molar refractivity (Wildman–Crippen MR) is 114 cm³/mol. The van der Waals surface area contributed by atoms with Gasteiger partial charge in [-0.2, -0.15) is 0 Å². The molecule has 2 aromatic carbocycles. The van der Waals surface area contributed by atoms with Crippen LogP contribution in [0.3, 0.4) is 0 Å². The number of methoxy groups -OCH3 is 1. The molecule has 0 unspecified atom stereocenters. The molecule has 1 heterocycles. The zero-order chi connectivity index (χ0) is 18.8. The number of amides is 1. The van der Waals surface area contributed by atoms with E-state index in [1.807, 2.05) is 31.2 Å². The molecule has 134 valence electrons. The molecule has 3 rings (SSSR count). The summed E-state index contributed by atoms with van der Waals surface area (Å²) in [4.78, 5) is 12.5. The fraction of sp³-hybridized carbons (Fsp3) is 0.158. The number of carbonyl (C=O) groups is 1. The van der Waals surface area contributed by atoms with Crippen molar-refractivity contribution in [3.63, 3.8) is 0 Å². The lowest BCUT2D eigenvalue weighted by atomic mass is 9.96. The second kappa shape index (κ2) is 8.01. The maximum absolute atomic E-state index is 12.0. The van der Waals surface area contributed by atoms with E-state index in [4.69, 9.17) is 40.2 Å². The summed E-state index contributed by atoms with van der Waals surface area (Å²) >= 11 is 18.7. The van der Waals surface area contributed by atoms with Crippen LogP contribution in [0.2, 0.25) is 10.0 Å².